The molecule has 0 radical (unpaired) electrons. The summed E-state index contributed by atoms with van der Waals surface area (Å²) in [6.45, 7) is 0.977. The van der Waals surface area contributed by atoms with Gasteiger partial charge in [-0.3, -0.25) is 9.59 Å². The van der Waals surface area contributed by atoms with Crippen molar-refractivity contribution < 1.29 is 14.3 Å². The molecule has 0 spiro atoms. The van der Waals surface area contributed by atoms with Crippen LogP contribution >= 0.6 is 50.9 Å². The molecule has 176 valence electrons. The highest BCUT2D eigenvalue weighted by Gasteiger charge is 2.37. The van der Waals surface area contributed by atoms with E-state index in [0.29, 0.717) is 39.5 Å². The number of carbonyl (C=O) groups is 2. The fourth-order valence-corrected chi connectivity index (χ4v) is 5.46. The SMILES string of the molecule is O=C1S/C(=C\c2cn(CCOc3ccccc3Cl)c3ccc(Br)cc23)C(=O)N1c1ccccc1Cl. The molecule has 0 N–H and O–H groups in total. The normalized spacial score (nSPS) is 14.9. The quantitative estimate of drug-likeness (QED) is 0.214. The van der Waals surface area contributed by atoms with Crippen LogP contribution in [0.2, 0.25) is 10.0 Å². The van der Waals surface area contributed by atoms with E-state index >= 15 is 0 Å². The first-order valence-corrected chi connectivity index (χ1v) is 13.0. The Balaban J connectivity index is 1.45. The molecule has 1 aliphatic heterocycles. The van der Waals surface area contributed by atoms with Crippen molar-refractivity contribution >= 4 is 84.7 Å². The number of benzene rings is 3. The molecule has 1 fully saturated rings. The van der Waals surface area contributed by atoms with Crippen LogP contribution in [0.15, 0.2) is 82.3 Å². The van der Waals surface area contributed by atoms with Crippen LogP contribution in [0, 0.1) is 0 Å². The summed E-state index contributed by atoms with van der Waals surface area (Å²) in [5.74, 6) is 0.230. The number of imide groups is 1. The van der Waals surface area contributed by atoms with E-state index in [4.69, 9.17) is 27.9 Å². The number of hydrogen-bond donors (Lipinski definition) is 0. The number of para-hydroxylation sites is 2. The minimum absolute atomic E-state index is 0.335. The summed E-state index contributed by atoms with van der Waals surface area (Å²) in [6, 6.07) is 20.1. The molecule has 2 amide bonds. The predicted molar refractivity (Wildman–Crippen MR) is 146 cm³/mol. The second kappa shape index (κ2) is 10.1. The summed E-state index contributed by atoms with van der Waals surface area (Å²) in [5.41, 5.74) is 2.18. The van der Waals surface area contributed by atoms with Gasteiger partial charge in [-0.1, -0.05) is 63.4 Å². The summed E-state index contributed by atoms with van der Waals surface area (Å²) in [5, 5.41) is 1.47. The van der Waals surface area contributed by atoms with Gasteiger partial charge in [0.2, 0.25) is 0 Å². The average molecular weight is 588 g/mol. The van der Waals surface area contributed by atoms with Crippen molar-refractivity contribution in [3.05, 3.63) is 97.9 Å². The molecule has 0 aliphatic carbocycles. The lowest BCUT2D eigenvalue weighted by Crippen LogP contribution is -2.27. The Labute approximate surface area is 224 Å². The molecular weight excluding hydrogens is 571 g/mol. The third kappa shape index (κ3) is 4.86. The van der Waals surface area contributed by atoms with Crippen molar-refractivity contribution in [3.8, 4) is 5.75 Å². The Kier molecular flexibility index (Phi) is 6.93. The smallest absolute Gasteiger partial charge is 0.298 e. The Morgan fingerprint density at radius 2 is 1.71 bits per heavy atom. The van der Waals surface area contributed by atoms with Gasteiger partial charge in [0, 0.05) is 27.1 Å². The Morgan fingerprint density at radius 1 is 0.971 bits per heavy atom. The van der Waals surface area contributed by atoms with E-state index in [0.717, 1.165) is 37.6 Å². The van der Waals surface area contributed by atoms with Crippen molar-refractivity contribution in [2.75, 3.05) is 11.5 Å². The van der Waals surface area contributed by atoms with Crippen molar-refractivity contribution in [1.82, 2.24) is 4.57 Å². The number of rotatable bonds is 6. The molecule has 1 aromatic heterocycles. The van der Waals surface area contributed by atoms with Gasteiger partial charge in [-0.2, -0.15) is 0 Å². The number of thioether (sulfide) groups is 1. The van der Waals surface area contributed by atoms with Crippen LogP contribution in [0.5, 0.6) is 5.75 Å². The van der Waals surface area contributed by atoms with Crippen LogP contribution in [-0.4, -0.2) is 22.3 Å². The van der Waals surface area contributed by atoms with Crippen molar-refractivity contribution in [1.29, 1.82) is 0 Å². The molecule has 5 nitrogen and oxygen atoms in total. The summed E-state index contributed by atoms with van der Waals surface area (Å²) in [4.78, 5) is 27.3. The number of aromatic nitrogens is 1. The zero-order valence-corrected chi connectivity index (χ0v) is 22.0. The molecule has 1 aliphatic rings. The van der Waals surface area contributed by atoms with E-state index in [-0.39, 0.29) is 5.24 Å². The predicted octanol–water partition coefficient (Wildman–Crippen LogP) is 8.03. The fourth-order valence-electron chi connectivity index (χ4n) is 3.86. The zero-order chi connectivity index (χ0) is 24.5. The first-order valence-electron chi connectivity index (χ1n) is 10.6. The maximum Gasteiger partial charge on any atom is 0.298 e. The molecule has 0 saturated carbocycles. The van der Waals surface area contributed by atoms with E-state index in [1.807, 2.05) is 42.6 Å². The van der Waals surface area contributed by atoms with E-state index in [1.54, 1.807) is 36.4 Å². The Hall–Kier alpha value is -2.71. The minimum Gasteiger partial charge on any atom is -0.490 e. The number of ether oxygens (including phenoxy) is 1. The van der Waals surface area contributed by atoms with E-state index < -0.39 is 5.91 Å². The third-order valence-corrected chi connectivity index (χ3v) is 7.47. The summed E-state index contributed by atoms with van der Waals surface area (Å²) in [6.07, 6.45) is 3.71. The molecule has 0 bridgehead atoms. The van der Waals surface area contributed by atoms with Crippen LogP contribution in [0.25, 0.3) is 17.0 Å². The second-order valence-electron chi connectivity index (χ2n) is 7.69. The van der Waals surface area contributed by atoms with Gasteiger partial charge < -0.3 is 9.30 Å². The molecule has 0 unspecified atom stereocenters. The largest absolute Gasteiger partial charge is 0.490 e. The summed E-state index contributed by atoms with van der Waals surface area (Å²) < 4.78 is 8.83. The zero-order valence-electron chi connectivity index (χ0n) is 18.1. The highest BCUT2D eigenvalue weighted by molar-refractivity contribution is 9.10. The van der Waals surface area contributed by atoms with E-state index in [9.17, 15) is 9.59 Å². The van der Waals surface area contributed by atoms with E-state index in [1.165, 1.54) is 0 Å². The number of nitrogens with zero attached hydrogens (tertiary/aromatic N) is 2. The number of halogens is 3. The van der Waals surface area contributed by atoms with Gasteiger partial charge in [0.15, 0.2) is 0 Å². The first kappa shape index (κ1) is 24.0. The van der Waals surface area contributed by atoms with Crippen molar-refractivity contribution in [2.45, 2.75) is 6.54 Å². The summed E-state index contributed by atoms with van der Waals surface area (Å²) in [7, 11) is 0. The maximum absolute atomic E-state index is 13.2. The Morgan fingerprint density at radius 3 is 2.49 bits per heavy atom. The molecule has 0 atom stereocenters. The highest BCUT2D eigenvalue weighted by atomic mass is 79.9. The number of anilines is 1. The highest BCUT2D eigenvalue weighted by Crippen LogP contribution is 2.39. The van der Waals surface area contributed by atoms with Gasteiger partial charge >= 0.3 is 0 Å². The van der Waals surface area contributed by atoms with E-state index in [2.05, 4.69) is 20.5 Å². The molecular formula is C26H17BrCl2N2O3S. The van der Waals surface area contributed by atoms with Gasteiger partial charge in [0.25, 0.3) is 11.1 Å². The first-order chi connectivity index (χ1) is 16.9. The maximum atomic E-state index is 13.2. The van der Waals surface area contributed by atoms with Crippen LogP contribution < -0.4 is 9.64 Å². The molecule has 9 heteroatoms. The van der Waals surface area contributed by atoms with Gasteiger partial charge in [-0.05, 0) is 60.3 Å². The molecule has 3 aromatic carbocycles. The van der Waals surface area contributed by atoms with Crippen LogP contribution in [0.3, 0.4) is 0 Å². The van der Waals surface area contributed by atoms with Crippen LogP contribution in [0.4, 0.5) is 10.5 Å². The monoisotopic (exact) mass is 586 g/mol. The number of amides is 2. The molecule has 35 heavy (non-hydrogen) atoms. The number of fused-ring (bicyclic) bond motifs is 1. The topological polar surface area (TPSA) is 51.5 Å². The molecule has 2 heterocycles. The molecule has 4 aromatic rings. The van der Waals surface area contributed by atoms with Gasteiger partial charge in [0.05, 0.1) is 27.2 Å². The third-order valence-electron chi connectivity index (χ3n) is 5.47. The second-order valence-corrected chi connectivity index (χ2v) is 10.4. The van der Waals surface area contributed by atoms with Crippen LogP contribution in [0.1, 0.15) is 5.56 Å². The average Bonchev–Trinajstić information content (AvgIpc) is 3.31. The lowest BCUT2D eigenvalue weighted by Gasteiger charge is -2.13. The van der Waals surface area contributed by atoms with Gasteiger partial charge in [-0.15, -0.1) is 0 Å². The lowest BCUT2D eigenvalue weighted by atomic mass is 10.1. The minimum atomic E-state index is -0.397. The number of hydrogen-bond acceptors (Lipinski definition) is 4. The lowest BCUT2D eigenvalue weighted by molar-refractivity contribution is -0.113. The molecule has 1 saturated heterocycles. The molecule has 5 rings (SSSR count). The standard InChI is InChI=1S/C26H17BrCl2N2O3S/c27-17-9-10-21-18(14-17)16(15-30(21)11-12-34-23-8-4-2-6-20(23)29)13-24-25(32)31(26(33)35-24)22-7-3-1-5-19(22)28/h1-10,13-15H,11-12H2/b24-13-. The van der Waals surface area contributed by atoms with Crippen molar-refractivity contribution in [3.63, 3.8) is 0 Å². The summed E-state index contributed by atoms with van der Waals surface area (Å²) >= 11 is 16.9. The van der Waals surface area contributed by atoms with Gasteiger partial charge in [0.1, 0.15) is 12.4 Å². The van der Waals surface area contributed by atoms with Crippen LogP contribution in [-0.2, 0) is 11.3 Å². The van der Waals surface area contributed by atoms with Gasteiger partial charge in [-0.25, -0.2) is 4.90 Å². The number of carbonyl (C=O) groups excluding carboxylic acids is 2. The fraction of sp³-hybridized carbons (Fsp3) is 0.0769. The Bertz CT molecular complexity index is 1500. The van der Waals surface area contributed by atoms with Crippen molar-refractivity contribution in [2.24, 2.45) is 0 Å².